The predicted molar refractivity (Wildman–Crippen MR) is 53.0 cm³/mol. The number of β-amino-alcohol motifs (C(OH)–C–C–N with tert-alkyl or cyclic N) is 1. The molecule has 14 heavy (non-hydrogen) atoms. The van der Waals surface area contributed by atoms with Crippen molar-refractivity contribution in [3.8, 4) is 0 Å². The summed E-state index contributed by atoms with van der Waals surface area (Å²) in [5.74, 6) is -0.334. The zero-order valence-electron chi connectivity index (χ0n) is 8.07. The van der Waals surface area contributed by atoms with Crippen LogP contribution in [0.3, 0.4) is 0 Å². The molecule has 1 heterocycles. The van der Waals surface area contributed by atoms with Crippen LogP contribution >= 0.6 is 11.6 Å². The molecule has 5 heteroatoms. The highest BCUT2D eigenvalue weighted by atomic mass is 35.5. The van der Waals surface area contributed by atoms with Gasteiger partial charge in [-0.05, 0) is 0 Å². The lowest BCUT2D eigenvalue weighted by atomic mass is 10.2. The molecule has 2 unspecified atom stereocenters. The molecule has 1 rings (SSSR count). The number of methoxy groups -OCH3 is 1. The van der Waals surface area contributed by atoms with E-state index in [4.69, 9.17) is 11.6 Å². The molecule has 4 nitrogen and oxygen atoms in total. The van der Waals surface area contributed by atoms with Crippen LogP contribution in [-0.2, 0) is 9.53 Å². The summed E-state index contributed by atoms with van der Waals surface area (Å²) in [5.41, 5.74) is 0. The number of aliphatic hydroxyl groups is 1. The van der Waals surface area contributed by atoms with Crippen LogP contribution in [0.2, 0.25) is 0 Å². The van der Waals surface area contributed by atoms with Crippen molar-refractivity contribution in [2.45, 2.75) is 18.6 Å². The first-order valence-electron chi connectivity index (χ1n) is 4.37. The Morgan fingerprint density at radius 3 is 2.93 bits per heavy atom. The fourth-order valence-electron chi connectivity index (χ4n) is 1.66. The molecule has 2 atom stereocenters. The first-order valence-corrected chi connectivity index (χ1v) is 4.75. The number of rotatable bonds is 3. The van der Waals surface area contributed by atoms with Crippen LogP contribution in [0.15, 0.2) is 11.6 Å². The lowest BCUT2D eigenvalue weighted by Gasteiger charge is -2.20. The Bertz CT molecular complexity index is 244. The third kappa shape index (κ3) is 2.70. The van der Waals surface area contributed by atoms with Crippen molar-refractivity contribution in [3.05, 3.63) is 11.6 Å². The molecule has 0 aromatic rings. The summed E-state index contributed by atoms with van der Waals surface area (Å²) in [5, 5.41) is 9.86. The highest BCUT2D eigenvalue weighted by molar-refractivity contribution is 6.29. The molecule has 1 aliphatic rings. The average Bonchev–Trinajstić information content (AvgIpc) is 2.44. The monoisotopic (exact) mass is 219 g/mol. The molecule has 0 radical (unpaired) electrons. The number of carbonyl (C=O) groups excluding carboxylic acids is 1. The Balaban J connectivity index is 2.62. The summed E-state index contributed by atoms with van der Waals surface area (Å²) < 4.78 is 4.63. The second-order valence-corrected chi connectivity index (χ2v) is 3.91. The number of hydrogen-bond donors (Lipinski definition) is 1. The Hall–Kier alpha value is -0.580. The Labute approximate surface area is 88.1 Å². The lowest BCUT2D eigenvalue weighted by Crippen LogP contribution is -2.37. The summed E-state index contributed by atoms with van der Waals surface area (Å²) in [6.07, 6.45) is -0.0910. The van der Waals surface area contributed by atoms with E-state index in [9.17, 15) is 9.90 Å². The molecule has 1 saturated heterocycles. The molecule has 1 fully saturated rings. The van der Waals surface area contributed by atoms with E-state index in [1.807, 2.05) is 0 Å². The van der Waals surface area contributed by atoms with Gasteiger partial charge >= 0.3 is 5.97 Å². The van der Waals surface area contributed by atoms with Crippen molar-refractivity contribution in [3.63, 3.8) is 0 Å². The predicted octanol–water partition coefficient (Wildman–Crippen LogP) is 0.347. The minimum Gasteiger partial charge on any atom is -0.468 e. The zero-order valence-corrected chi connectivity index (χ0v) is 8.83. The van der Waals surface area contributed by atoms with Gasteiger partial charge in [-0.15, -0.1) is 0 Å². The average molecular weight is 220 g/mol. The van der Waals surface area contributed by atoms with Crippen LogP contribution in [0.5, 0.6) is 0 Å². The van der Waals surface area contributed by atoms with Crippen LogP contribution in [0.25, 0.3) is 0 Å². The highest BCUT2D eigenvalue weighted by Gasteiger charge is 2.36. The van der Waals surface area contributed by atoms with E-state index in [0.29, 0.717) is 24.5 Å². The number of halogens is 1. The molecular weight excluding hydrogens is 206 g/mol. The molecule has 0 aromatic heterocycles. The van der Waals surface area contributed by atoms with Gasteiger partial charge in [-0.1, -0.05) is 18.2 Å². The fraction of sp³-hybridized carbons (Fsp3) is 0.667. The van der Waals surface area contributed by atoms with Gasteiger partial charge < -0.3 is 9.84 Å². The number of ether oxygens (including phenoxy) is 1. The summed E-state index contributed by atoms with van der Waals surface area (Å²) in [4.78, 5) is 13.1. The molecule has 1 aliphatic heterocycles. The van der Waals surface area contributed by atoms with Gasteiger partial charge in [-0.3, -0.25) is 9.69 Å². The van der Waals surface area contributed by atoms with Gasteiger partial charge in [0.2, 0.25) is 0 Å². The van der Waals surface area contributed by atoms with Gasteiger partial charge in [0, 0.05) is 24.5 Å². The summed E-state index contributed by atoms with van der Waals surface area (Å²) in [6.45, 7) is 4.39. The first kappa shape index (κ1) is 11.5. The van der Waals surface area contributed by atoms with Gasteiger partial charge in [0.25, 0.3) is 0 Å². The van der Waals surface area contributed by atoms with Gasteiger partial charge in [0.05, 0.1) is 13.2 Å². The smallest absolute Gasteiger partial charge is 0.323 e. The summed E-state index contributed by atoms with van der Waals surface area (Å²) in [6, 6.07) is -0.398. The SMILES string of the molecule is C=C(Cl)CN1CC(O)CC1C(=O)OC. The maximum absolute atomic E-state index is 11.3. The van der Waals surface area contributed by atoms with Gasteiger partial charge in [-0.2, -0.15) is 0 Å². The molecule has 0 spiro atoms. The second-order valence-electron chi connectivity index (χ2n) is 3.38. The largest absolute Gasteiger partial charge is 0.468 e. The van der Waals surface area contributed by atoms with Crippen LogP contribution in [-0.4, -0.2) is 48.3 Å². The third-order valence-corrected chi connectivity index (χ3v) is 2.35. The summed E-state index contributed by atoms with van der Waals surface area (Å²) >= 11 is 5.65. The van der Waals surface area contributed by atoms with Crippen molar-refractivity contribution in [1.29, 1.82) is 0 Å². The minimum atomic E-state index is -0.491. The minimum absolute atomic E-state index is 0.334. The third-order valence-electron chi connectivity index (χ3n) is 2.23. The van der Waals surface area contributed by atoms with Gasteiger partial charge in [0.1, 0.15) is 6.04 Å². The molecule has 80 valence electrons. The standard InChI is InChI=1S/C9H14ClNO3/c1-6(10)4-11-5-7(12)3-8(11)9(13)14-2/h7-8,12H,1,3-5H2,2H3. The number of aliphatic hydroxyl groups excluding tert-OH is 1. The Morgan fingerprint density at radius 2 is 2.43 bits per heavy atom. The highest BCUT2D eigenvalue weighted by Crippen LogP contribution is 2.20. The van der Waals surface area contributed by atoms with E-state index in [-0.39, 0.29) is 5.97 Å². The van der Waals surface area contributed by atoms with E-state index in [1.54, 1.807) is 4.90 Å². The first-order chi connectivity index (χ1) is 6.54. The van der Waals surface area contributed by atoms with Gasteiger partial charge in [-0.25, -0.2) is 0 Å². The molecule has 0 aromatic carbocycles. The summed E-state index contributed by atoms with van der Waals surface area (Å²) in [7, 11) is 1.33. The number of hydrogen-bond acceptors (Lipinski definition) is 4. The van der Waals surface area contributed by atoms with Crippen LogP contribution in [0.4, 0.5) is 0 Å². The van der Waals surface area contributed by atoms with E-state index >= 15 is 0 Å². The Kier molecular flexibility index (Phi) is 3.92. The molecule has 0 saturated carbocycles. The topological polar surface area (TPSA) is 49.8 Å². The fourth-order valence-corrected chi connectivity index (χ4v) is 1.81. The van der Waals surface area contributed by atoms with Crippen molar-refractivity contribution in [2.75, 3.05) is 20.2 Å². The second kappa shape index (κ2) is 4.77. The van der Waals surface area contributed by atoms with Crippen LogP contribution in [0, 0.1) is 0 Å². The van der Waals surface area contributed by atoms with Crippen molar-refractivity contribution in [1.82, 2.24) is 4.90 Å². The number of likely N-dealkylation sites (tertiary alicyclic amines) is 1. The van der Waals surface area contributed by atoms with E-state index in [0.717, 1.165) is 0 Å². The maximum atomic E-state index is 11.3. The molecule has 1 N–H and O–H groups in total. The normalized spacial score (nSPS) is 27.6. The van der Waals surface area contributed by atoms with Gasteiger partial charge in [0.15, 0.2) is 0 Å². The number of esters is 1. The zero-order chi connectivity index (χ0) is 10.7. The van der Waals surface area contributed by atoms with Crippen molar-refractivity contribution in [2.24, 2.45) is 0 Å². The Morgan fingerprint density at radius 1 is 1.79 bits per heavy atom. The number of carbonyl (C=O) groups is 1. The van der Waals surface area contributed by atoms with E-state index in [2.05, 4.69) is 11.3 Å². The van der Waals surface area contributed by atoms with E-state index in [1.165, 1.54) is 7.11 Å². The van der Waals surface area contributed by atoms with Crippen molar-refractivity contribution >= 4 is 17.6 Å². The lowest BCUT2D eigenvalue weighted by molar-refractivity contribution is -0.145. The quantitative estimate of drug-likeness (QED) is 0.696. The molecule has 0 bridgehead atoms. The van der Waals surface area contributed by atoms with Crippen LogP contribution in [0.1, 0.15) is 6.42 Å². The van der Waals surface area contributed by atoms with Crippen molar-refractivity contribution < 1.29 is 14.6 Å². The van der Waals surface area contributed by atoms with Crippen LogP contribution < -0.4 is 0 Å². The van der Waals surface area contributed by atoms with E-state index < -0.39 is 12.1 Å². The molecular formula is C9H14ClNO3. The molecule has 0 aliphatic carbocycles. The molecule has 0 amide bonds. The number of nitrogens with zero attached hydrogens (tertiary/aromatic N) is 1. The maximum Gasteiger partial charge on any atom is 0.323 e.